The Kier molecular flexibility index (Phi) is 3.90. The molecule has 0 saturated heterocycles. The minimum atomic E-state index is -0.348. The average molecular weight is 248 g/mol. The van der Waals surface area contributed by atoms with Crippen LogP contribution in [0.4, 0.5) is 0 Å². The number of allylic oxidation sites excluding steroid dienone is 1. The highest BCUT2D eigenvalue weighted by atomic mass is 16.5. The zero-order valence-electron chi connectivity index (χ0n) is 11.1. The van der Waals surface area contributed by atoms with E-state index in [9.17, 15) is 4.79 Å². The van der Waals surface area contributed by atoms with Crippen molar-refractivity contribution in [2.75, 3.05) is 7.11 Å². The highest BCUT2D eigenvalue weighted by Crippen LogP contribution is 2.35. The third kappa shape index (κ3) is 2.50. The van der Waals surface area contributed by atoms with Gasteiger partial charge in [0.15, 0.2) is 0 Å². The molecule has 2 rings (SSSR count). The van der Waals surface area contributed by atoms with Crippen LogP contribution in [0.25, 0.3) is 5.57 Å². The maximum Gasteiger partial charge on any atom is 0.341 e. The van der Waals surface area contributed by atoms with Gasteiger partial charge in [0.25, 0.3) is 0 Å². The Labute approximate surface area is 108 Å². The standard InChI is InChI=1S/C15H20O3/c1-10(12-7-5-4-6-8-12)14-9-13(11(2)18-14)15(16)17-3/h9,12H,1,4-8H2,2-3H3. The summed E-state index contributed by atoms with van der Waals surface area (Å²) < 4.78 is 10.4. The summed E-state index contributed by atoms with van der Waals surface area (Å²) >= 11 is 0. The number of esters is 1. The van der Waals surface area contributed by atoms with Crippen LogP contribution in [0.5, 0.6) is 0 Å². The molecular formula is C15H20O3. The molecule has 1 aromatic heterocycles. The SMILES string of the molecule is C=C(c1cc(C(=O)OC)c(C)o1)C1CCCCC1. The number of furan rings is 1. The molecule has 3 heteroatoms. The number of rotatable bonds is 3. The molecule has 0 spiro atoms. The summed E-state index contributed by atoms with van der Waals surface area (Å²) in [6.07, 6.45) is 6.17. The zero-order valence-corrected chi connectivity index (χ0v) is 11.1. The molecule has 0 unspecified atom stereocenters. The van der Waals surface area contributed by atoms with E-state index in [1.807, 2.05) is 0 Å². The normalized spacial score (nSPS) is 16.6. The molecule has 0 bridgehead atoms. The first kappa shape index (κ1) is 12.9. The van der Waals surface area contributed by atoms with Gasteiger partial charge in [-0.05, 0) is 37.3 Å². The van der Waals surface area contributed by atoms with Crippen molar-refractivity contribution >= 4 is 11.5 Å². The van der Waals surface area contributed by atoms with E-state index >= 15 is 0 Å². The smallest absolute Gasteiger partial charge is 0.341 e. The van der Waals surface area contributed by atoms with Gasteiger partial charge >= 0.3 is 5.97 Å². The number of hydrogen-bond acceptors (Lipinski definition) is 3. The second-order valence-electron chi connectivity index (χ2n) is 4.93. The molecule has 0 radical (unpaired) electrons. The number of aryl methyl sites for hydroxylation is 1. The molecule has 0 aliphatic heterocycles. The lowest BCUT2D eigenvalue weighted by Gasteiger charge is -2.22. The molecule has 3 nitrogen and oxygen atoms in total. The van der Waals surface area contributed by atoms with E-state index in [4.69, 9.17) is 9.15 Å². The molecule has 1 saturated carbocycles. The van der Waals surface area contributed by atoms with Crippen molar-refractivity contribution in [1.29, 1.82) is 0 Å². The molecule has 98 valence electrons. The number of methoxy groups -OCH3 is 1. The lowest BCUT2D eigenvalue weighted by atomic mass is 9.83. The maximum absolute atomic E-state index is 11.5. The Hall–Kier alpha value is -1.51. The van der Waals surface area contributed by atoms with Crippen LogP contribution in [0.3, 0.4) is 0 Å². The maximum atomic E-state index is 11.5. The molecule has 1 fully saturated rings. The van der Waals surface area contributed by atoms with E-state index in [1.54, 1.807) is 13.0 Å². The van der Waals surface area contributed by atoms with Gasteiger partial charge in [-0.25, -0.2) is 4.79 Å². The quantitative estimate of drug-likeness (QED) is 0.760. The molecular weight excluding hydrogens is 228 g/mol. The van der Waals surface area contributed by atoms with Gasteiger partial charge in [-0.1, -0.05) is 25.8 Å². The van der Waals surface area contributed by atoms with Crippen molar-refractivity contribution < 1.29 is 13.9 Å². The summed E-state index contributed by atoms with van der Waals surface area (Å²) in [5.41, 5.74) is 1.53. The fraction of sp³-hybridized carbons (Fsp3) is 0.533. The molecule has 1 aliphatic rings. The van der Waals surface area contributed by atoms with Crippen molar-refractivity contribution in [1.82, 2.24) is 0 Å². The van der Waals surface area contributed by atoms with Crippen LogP contribution < -0.4 is 0 Å². The molecule has 1 heterocycles. The first-order valence-corrected chi connectivity index (χ1v) is 6.51. The Morgan fingerprint density at radius 1 is 1.39 bits per heavy atom. The Balaban J connectivity index is 2.18. The Bertz CT molecular complexity index is 450. The van der Waals surface area contributed by atoms with Gasteiger partial charge in [-0.15, -0.1) is 0 Å². The molecule has 0 aromatic carbocycles. The lowest BCUT2D eigenvalue weighted by Crippen LogP contribution is -2.07. The van der Waals surface area contributed by atoms with Crippen LogP contribution in [-0.4, -0.2) is 13.1 Å². The third-order valence-corrected chi connectivity index (χ3v) is 3.74. The highest BCUT2D eigenvalue weighted by Gasteiger charge is 2.22. The summed E-state index contributed by atoms with van der Waals surface area (Å²) in [5.74, 6) is 1.49. The highest BCUT2D eigenvalue weighted by molar-refractivity contribution is 5.91. The van der Waals surface area contributed by atoms with E-state index in [0.717, 1.165) is 11.3 Å². The predicted molar refractivity (Wildman–Crippen MR) is 70.4 cm³/mol. The van der Waals surface area contributed by atoms with E-state index in [0.29, 0.717) is 17.2 Å². The van der Waals surface area contributed by atoms with Crippen molar-refractivity contribution in [3.8, 4) is 0 Å². The number of carbonyl (C=O) groups excluding carboxylic acids is 1. The van der Waals surface area contributed by atoms with Gasteiger partial charge in [-0.3, -0.25) is 0 Å². The van der Waals surface area contributed by atoms with Crippen molar-refractivity contribution in [3.05, 3.63) is 29.7 Å². The third-order valence-electron chi connectivity index (χ3n) is 3.74. The van der Waals surface area contributed by atoms with Crippen LogP contribution >= 0.6 is 0 Å². The molecule has 1 aliphatic carbocycles. The van der Waals surface area contributed by atoms with Crippen LogP contribution in [0, 0.1) is 12.8 Å². The summed E-state index contributed by atoms with van der Waals surface area (Å²) in [7, 11) is 1.38. The van der Waals surface area contributed by atoms with E-state index in [-0.39, 0.29) is 5.97 Å². The number of hydrogen-bond donors (Lipinski definition) is 0. The summed E-state index contributed by atoms with van der Waals surface area (Å²) in [6.45, 7) is 5.92. The first-order valence-electron chi connectivity index (χ1n) is 6.51. The van der Waals surface area contributed by atoms with E-state index < -0.39 is 0 Å². The monoisotopic (exact) mass is 248 g/mol. The van der Waals surface area contributed by atoms with E-state index in [2.05, 4.69) is 6.58 Å². The molecule has 0 atom stereocenters. The lowest BCUT2D eigenvalue weighted by molar-refractivity contribution is 0.0599. The van der Waals surface area contributed by atoms with Crippen molar-refractivity contribution in [2.24, 2.45) is 5.92 Å². The number of carbonyl (C=O) groups is 1. The van der Waals surface area contributed by atoms with Crippen LogP contribution in [0.1, 0.15) is 54.0 Å². The Morgan fingerprint density at radius 2 is 2.06 bits per heavy atom. The topological polar surface area (TPSA) is 39.4 Å². The summed E-state index contributed by atoms with van der Waals surface area (Å²) in [4.78, 5) is 11.5. The second-order valence-corrected chi connectivity index (χ2v) is 4.93. The van der Waals surface area contributed by atoms with Gasteiger partial charge < -0.3 is 9.15 Å². The van der Waals surface area contributed by atoms with Crippen molar-refractivity contribution in [3.63, 3.8) is 0 Å². The fourth-order valence-electron chi connectivity index (χ4n) is 2.61. The van der Waals surface area contributed by atoms with Crippen molar-refractivity contribution in [2.45, 2.75) is 39.0 Å². The summed E-state index contributed by atoms with van der Waals surface area (Å²) in [6, 6.07) is 1.76. The number of ether oxygens (including phenoxy) is 1. The van der Waals surface area contributed by atoms with Crippen LogP contribution in [0.15, 0.2) is 17.1 Å². The largest absolute Gasteiger partial charge is 0.465 e. The predicted octanol–water partition coefficient (Wildman–Crippen LogP) is 3.97. The summed E-state index contributed by atoms with van der Waals surface area (Å²) in [5, 5.41) is 0. The van der Waals surface area contributed by atoms with Crippen LogP contribution in [0.2, 0.25) is 0 Å². The molecule has 0 amide bonds. The average Bonchev–Trinajstić information content (AvgIpc) is 2.80. The second kappa shape index (κ2) is 5.42. The zero-order chi connectivity index (χ0) is 13.1. The van der Waals surface area contributed by atoms with E-state index in [1.165, 1.54) is 39.2 Å². The van der Waals surface area contributed by atoms with Gasteiger partial charge in [-0.2, -0.15) is 0 Å². The minimum absolute atomic E-state index is 0.348. The Morgan fingerprint density at radius 3 is 2.67 bits per heavy atom. The minimum Gasteiger partial charge on any atom is -0.465 e. The molecule has 18 heavy (non-hydrogen) atoms. The van der Waals surface area contributed by atoms with Gasteiger partial charge in [0.05, 0.1) is 7.11 Å². The van der Waals surface area contributed by atoms with Gasteiger partial charge in [0, 0.05) is 0 Å². The van der Waals surface area contributed by atoms with Gasteiger partial charge in [0.2, 0.25) is 0 Å². The van der Waals surface area contributed by atoms with Gasteiger partial charge in [0.1, 0.15) is 17.1 Å². The van der Waals surface area contributed by atoms with Crippen LogP contribution in [-0.2, 0) is 4.74 Å². The first-order chi connectivity index (χ1) is 8.63. The molecule has 1 aromatic rings. The fourth-order valence-corrected chi connectivity index (χ4v) is 2.61. The molecule has 0 N–H and O–H groups in total.